The van der Waals surface area contributed by atoms with Gasteiger partial charge in [0.2, 0.25) is 5.91 Å². The molecule has 3 aromatic rings. The van der Waals surface area contributed by atoms with Crippen LogP contribution in [0.2, 0.25) is 0 Å². The Morgan fingerprint density at radius 2 is 1.84 bits per heavy atom. The third-order valence-electron chi connectivity index (χ3n) is 3.91. The molecule has 1 amide bonds. The minimum atomic E-state index is -0.191. The molecule has 1 aromatic heterocycles. The van der Waals surface area contributed by atoms with Gasteiger partial charge in [-0.1, -0.05) is 42.5 Å². The first-order chi connectivity index (χ1) is 12.1. The van der Waals surface area contributed by atoms with Gasteiger partial charge in [-0.3, -0.25) is 14.2 Å². The van der Waals surface area contributed by atoms with Crippen LogP contribution >= 0.6 is 0 Å². The van der Waals surface area contributed by atoms with Gasteiger partial charge in [0.1, 0.15) is 5.82 Å². The fourth-order valence-electron chi connectivity index (χ4n) is 2.63. The van der Waals surface area contributed by atoms with E-state index in [1.807, 2.05) is 48.5 Å². The highest BCUT2D eigenvalue weighted by atomic mass is 16.1. The fourth-order valence-corrected chi connectivity index (χ4v) is 2.63. The summed E-state index contributed by atoms with van der Waals surface area (Å²) in [6.45, 7) is 2.54. The lowest BCUT2D eigenvalue weighted by atomic mass is 10.2. The molecule has 126 valence electrons. The number of benzene rings is 2. The summed E-state index contributed by atoms with van der Waals surface area (Å²) >= 11 is 0. The number of nitrogens with zero attached hydrogens (tertiary/aromatic N) is 2. The molecule has 2 aromatic carbocycles. The van der Waals surface area contributed by atoms with Crippen LogP contribution in [0.3, 0.4) is 0 Å². The molecule has 5 nitrogen and oxygen atoms in total. The van der Waals surface area contributed by atoms with Crippen LogP contribution in [0, 0.1) is 6.92 Å². The molecular formula is C20H19N3O2. The minimum Gasteiger partial charge on any atom is -0.351 e. The van der Waals surface area contributed by atoms with E-state index in [0.717, 1.165) is 5.56 Å². The van der Waals surface area contributed by atoms with Gasteiger partial charge in [0.25, 0.3) is 5.56 Å². The molecule has 0 saturated heterocycles. The molecule has 0 radical (unpaired) electrons. The van der Waals surface area contributed by atoms with E-state index in [0.29, 0.717) is 29.8 Å². The van der Waals surface area contributed by atoms with Crippen LogP contribution in [0.25, 0.3) is 17.0 Å². The smallest absolute Gasteiger partial charge is 0.261 e. The van der Waals surface area contributed by atoms with Crippen LogP contribution in [0.1, 0.15) is 11.4 Å². The highest BCUT2D eigenvalue weighted by Gasteiger charge is 2.07. The zero-order valence-electron chi connectivity index (χ0n) is 14.0. The summed E-state index contributed by atoms with van der Waals surface area (Å²) < 4.78 is 1.59. The topological polar surface area (TPSA) is 64.0 Å². The first-order valence-electron chi connectivity index (χ1n) is 8.12. The van der Waals surface area contributed by atoms with E-state index in [4.69, 9.17) is 0 Å². The summed E-state index contributed by atoms with van der Waals surface area (Å²) in [5.41, 5.74) is 1.57. The maximum atomic E-state index is 12.5. The van der Waals surface area contributed by atoms with Gasteiger partial charge >= 0.3 is 0 Å². The first-order valence-corrected chi connectivity index (χ1v) is 8.12. The molecule has 0 aliphatic heterocycles. The van der Waals surface area contributed by atoms with Gasteiger partial charge in [-0.05, 0) is 30.7 Å². The number of nitrogens with one attached hydrogen (secondary N) is 1. The number of rotatable bonds is 5. The summed E-state index contributed by atoms with van der Waals surface area (Å²) in [4.78, 5) is 28.9. The number of hydrogen-bond donors (Lipinski definition) is 1. The minimum absolute atomic E-state index is 0.0859. The van der Waals surface area contributed by atoms with Crippen LogP contribution in [0.15, 0.2) is 65.5 Å². The normalized spacial score (nSPS) is 11.1. The maximum absolute atomic E-state index is 12.5. The van der Waals surface area contributed by atoms with Gasteiger partial charge in [-0.25, -0.2) is 4.98 Å². The monoisotopic (exact) mass is 333 g/mol. The maximum Gasteiger partial charge on any atom is 0.261 e. The molecule has 0 fully saturated rings. The molecular weight excluding hydrogens is 314 g/mol. The Balaban J connectivity index is 1.64. The predicted molar refractivity (Wildman–Crippen MR) is 99.2 cm³/mol. The molecule has 1 N–H and O–H groups in total. The second kappa shape index (κ2) is 7.57. The summed E-state index contributed by atoms with van der Waals surface area (Å²) in [6, 6.07) is 16.9. The largest absolute Gasteiger partial charge is 0.351 e. The standard InChI is InChI=1S/C20H19N3O2/c1-15-22-18-10-6-5-9-17(18)20(25)23(15)14-13-21-19(24)12-11-16-7-3-2-4-8-16/h2-12H,13-14H2,1H3,(H,21,24). The summed E-state index contributed by atoms with van der Waals surface area (Å²) in [5, 5.41) is 3.38. The average Bonchev–Trinajstić information content (AvgIpc) is 2.63. The fraction of sp³-hybridized carbons (Fsp3) is 0.150. The molecule has 0 aliphatic rings. The van der Waals surface area contributed by atoms with E-state index in [2.05, 4.69) is 10.3 Å². The zero-order chi connectivity index (χ0) is 17.6. The number of amides is 1. The van der Waals surface area contributed by atoms with Crippen molar-refractivity contribution in [3.05, 3.63) is 82.4 Å². The Morgan fingerprint density at radius 1 is 1.12 bits per heavy atom. The van der Waals surface area contributed by atoms with Gasteiger partial charge in [0.15, 0.2) is 0 Å². The molecule has 1 heterocycles. The number of aryl methyl sites for hydroxylation is 1. The van der Waals surface area contributed by atoms with Gasteiger partial charge in [0, 0.05) is 19.2 Å². The molecule has 25 heavy (non-hydrogen) atoms. The van der Waals surface area contributed by atoms with Gasteiger partial charge < -0.3 is 5.32 Å². The molecule has 0 bridgehead atoms. The molecule has 0 atom stereocenters. The second-order valence-corrected chi connectivity index (χ2v) is 5.67. The highest BCUT2D eigenvalue weighted by Crippen LogP contribution is 2.07. The Hall–Kier alpha value is -3.21. The van der Waals surface area contributed by atoms with Crippen LogP contribution in [-0.4, -0.2) is 22.0 Å². The molecule has 5 heteroatoms. The van der Waals surface area contributed by atoms with E-state index in [-0.39, 0.29) is 11.5 Å². The quantitative estimate of drug-likeness (QED) is 0.730. The predicted octanol–water partition coefficient (Wildman–Crippen LogP) is 2.53. The Bertz CT molecular complexity index is 975. The van der Waals surface area contributed by atoms with Crippen molar-refractivity contribution in [2.45, 2.75) is 13.5 Å². The van der Waals surface area contributed by atoms with Crippen molar-refractivity contribution < 1.29 is 4.79 Å². The molecule has 0 aliphatic carbocycles. The Morgan fingerprint density at radius 3 is 2.64 bits per heavy atom. The summed E-state index contributed by atoms with van der Waals surface area (Å²) in [6.07, 6.45) is 3.24. The van der Waals surface area contributed by atoms with E-state index in [1.54, 1.807) is 23.6 Å². The highest BCUT2D eigenvalue weighted by molar-refractivity contribution is 5.91. The van der Waals surface area contributed by atoms with E-state index in [1.165, 1.54) is 6.08 Å². The molecule has 0 saturated carbocycles. The van der Waals surface area contributed by atoms with Crippen molar-refractivity contribution in [3.63, 3.8) is 0 Å². The number of hydrogen-bond acceptors (Lipinski definition) is 3. The first kappa shape index (κ1) is 16.6. The van der Waals surface area contributed by atoms with E-state index >= 15 is 0 Å². The Kier molecular flexibility index (Phi) is 5.04. The van der Waals surface area contributed by atoms with Crippen LogP contribution in [0.5, 0.6) is 0 Å². The number of fused-ring (bicyclic) bond motifs is 1. The number of carbonyl (C=O) groups excluding carboxylic acids is 1. The van der Waals surface area contributed by atoms with Crippen molar-refractivity contribution in [3.8, 4) is 0 Å². The van der Waals surface area contributed by atoms with Crippen molar-refractivity contribution in [2.75, 3.05) is 6.54 Å². The van der Waals surface area contributed by atoms with E-state index < -0.39 is 0 Å². The lowest BCUT2D eigenvalue weighted by Crippen LogP contribution is -2.31. The third kappa shape index (κ3) is 4.01. The van der Waals surface area contributed by atoms with Crippen molar-refractivity contribution in [1.29, 1.82) is 0 Å². The van der Waals surface area contributed by atoms with Crippen LogP contribution in [-0.2, 0) is 11.3 Å². The SMILES string of the molecule is Cc1nc2ccccc2c(=O)n1CCNC(=O)C=Cc1ccccc1. The van der Waals surface area contributed by atoms with Crippen molar-refractivity contribution in [2.24, 2.45) is 0 Å². The lowest BCUT2D eigenvalue weighted by molar-refractivity contribution is -0.116. The van der Waals surface area contributed by atoms with Crippen LogP contribution in [0.4, 0.5) is 0 Å². The molecule has 0 unspecified atom stereocenters. The van der Waals surface area contributed by atoms with Gasteiger partial charge in [-0.2, -0.15) is 0 Å². The second-order valence-electron chi connectivity index (χ2n) is 5.67. The lowest BCUT2D eigenvalue weighted by Gasteiger charge is -2.10. The Labute approximate surface area is 145 Å². The summed E-state index contributed by atoms with van der Waals surface area (Å²) in [7, 11) is 0. The number of aromatic nitrogens is 2. The van der Waals surface area contributed by atoms with Gasteiger partial charge in [0.05, 0.1) is 10.9 Å². The van der Waals surface area contributed by atoms with Crippen molar-refractivity contribution >= 4 is 22.9 Å². The average molecular weight is 333 g/mol. The van der Waals surface area contributed by atoms with Crippen LogP contribution < -0.4 is 10.9 Å². The third-order valence-corrected chi connectivity index (χ3v) is 3.91. The molecule has 3 rings (SSSR count). The molecule has 0 spiro atoms. The zero-order valence-corrected chi connectivity index (χ0v) is 14.0. The van der Waals surface area contributed by atoms with Crippen molar-refractivity contribution in [1.82, 2.24) is 14.9 Å². The van der Waals surface area contributed by atoms with Gasteiger partial charge in [-0.15, -0.1) is 0 Å². The number of para-hydroxylation sites is 1. The number of carbonyl (C=O) groups is 1. The summed E-state index contributed by atoms with van der Waals surface area (Å²) in [5.74, 6) is 0.445. The van der Waals surface area contributed by atoms with E-state index in [9.17, 15) is 9.59 Å².